The minimum Gasteiger partial charge on any atom is -0.504 e. The van der Waals surface area contributed by atoms with Crippen molar-refractivity contribution >= 4 is 11.0 Å². The summed E-state index contributed by atoms with van der Waals surface area (Å²) in [6, 6.07) is 5.21. The van der Waals surface area contributed by atoms with Gasteiger partial charge in [0.2, 0.25) is 17.8 Å². The first-order valence-corrected chi connectivity index (χ1v) is 10.9. The van der Waals surface area contributed by atoms with E-state index >= 15 is 0 Å². The maximum Gasteiger partial charge on any atom is 0.229 e. The number of aliphatic hydroxyl groups excluding tert-OH is 4. The van der Waals surface area contributed by atoms with Crippen molar-refractivity contribution in [2.24, 2.45) is 0 Å². The van der Waals surface area contributed by atoms with Crippen LogP contribution in [0.1, 0.15) is 0 Å². The van der Waals surface area contributed by atoms with Crippen LogP contribution in [0, 0.1) is 0 Å². The fourth-order valence-electron chi connectivity index (χ4n) is 3.99. The van der Waals surface area contributed by atoms with Crippen LogP contribution in [0.3, 0.4) is 0 Å². The third-order valence-electron chi connectivity index (χ3n) is 5.98. The number of fused-ring (bicyclic) bond motifs is 1. The Kier molecular flexibility index (Phi) is 7.34. The number of phenolic OH excluding ortho intramolecular Hbond substituents is 2. The third-order valence-corrected chi connectivity index (χ3v) is 5.98. The standard InChI is InChI=1S/C24H26O13/c1-32-13-4-9(5-14(33-2)18(13)27)11-6-10(26)17-12(35-11)7-15(34-3)23(20(17)29)37-24-22(31)21(30)19(28)16(8-25)36-24/h4-7,16,19,21-22,24-25,27-31H,8H2,1-3H3/t16-,19-,21+,22-,24+/m1/s1. The zero-order valence-corrected chi connectivity index (χ0v) is 19.9. The van der Waals surface area contributed by atoms with Gasteiger partial charge in [0.05, 0.1) is 27.9 Å². The average molecular weight is 522 g/mol. The molecule has 6 N–H and O–H groups in total. The number of methoxy groups -OCH3 is 3. The number of aliphatic hydroxyl groups is 4. The highest BCUT2D eigenvalue weighted by Gasteiger charge is 2.45. The first-order valence-electron chi connectivity index (χ1n) is 10.9. The predicted octanol–water partition coefficient (Wildman–Crippen LogP) is 0.0757. The predicted molar refractivity (Wildman–Crippen MR) is 125 cm³/mol. The van der Waals surface area contributed by atoms with Gasteiger partial charge in [0.25, 0.3) is 0 Å². The Hall–Kier alpha value is -3.75. The molecule has 0 unspecified atom stereocenters. The van der Waals surface area contributed by atoms with Crippen molar-refractivity contribution in [3.63, 3.8) is 0 Å². The average Bonchev–Trinajstić information content (AvgIpc) is 2.89. The second-order valence-electron chi connectivity index (χ2n) is 8.15. The monoisotopic (exact) mass is 522 g/mol. The van der Waals surface area contributed by atoms with Crippen LogP contribution in [0.2, 0.25) is 0 Å². The maximum atomic E-state index is 13.1. The van der Waals surface area contributed by atoms with Crippen LogP contribution in [0.25, 0.3) is 22.3 Å². The van der Waals surface area contributed by atoms with E-state index in [1.54, 1.807) is 0 Å². The van der Waals surface area contributed by atoms with E-state index in [1.807, 2.05) is 0 Å². The molecule has 0 bridgehead atoms. The fourth-order valence-corrected chi connectivity index (χ4v) is 3.99. The minimum absolute atomic E-state index is 0.0538. The van der Waals surface area contributed by atoms with Crippen molar-refractivity contribution in [1.29, 1.82) is 0 Å². The summed E-state index contributed by atoms with van der Waals surface area (Å²) < 4.78 is 32.3. The lowest BCUT2D eigenvalue weighted by molar-refractivity contribution is -0.277. The first-order chi connectivity index (χ1) is 17.6. The van der Waals surface area contributed by atoms with Crippen molar-refractivity contribution in [1.82, 2.24) is 0 Å². The number of rotatable bonds is 7. The second kappa shape index (κ2) is 10.3. The molecular formula is C24H26O13. The Morgan fingerprint density at radius 2 is 1.46 bits per heavy atom. The summed E-state index contributed by atoms with van der Waals surface area (Å²) in [5, 5.41) is 60.5. The number of benzene rings is 2. The molecule has 2 aromatic carbocycles. The summed E-state index contributed by atoms with van der Waals surface area (Å²) in [6.45, 7) is -0.690. The molecular weight excluding hydrogens is 496 g/mol. The highest BCUT2D eigenvalue weighted by Crippen LogP contribution is 2.45. The van der Waals surface area contributed by atoms with E-state index in [2.05, 4.69) is 0 Å². The molecule has 1 aliphatic rings. The van der Waals surface area contributed by atoms with Crippen molar-refractivity contribution in [3.8, 4) is 45.8 Å². The Bertz CT molecular complexity index is 1320. The molecule has 1 fully saturated rings. The van der Waals surface area contributed by atoms with Crippen molar-refractivity contribution < 1.29 is 58.7 Å². The van der Waals surface area contributed by atoms with Gasteiger partial charge in [0.1, 0.15) is 41.1 Å². The van der Waals surface area contributed by atoms with E-state index in [0.717, 1.165) is 6.07 Å². The molecule has 0 saturated carbocycles. The van der Waals surface area contributed by atoms with Crippen LogP contribution in [0.4, 0.5) is 0 Å². The van der Waals surface area contributed by atoms with Crippen LogP contribution in [0.5, 0.6) is 34.5 Å². The molecule has 3 aromatic rings. The van der Waals surface area contributed by atoms with Crippen LogP contribution >= 0.6 is 0 Å². The summed E-state index contributed by atoms with van der Waals surface area (Å²) in [6.07, 6.45) is -8.01. The fraction of sp³-hybridized carbons (Fsp3) is 0.375. The Morgan fingerprint density at radius 3 is 2.03 bits per heavy atom. The molecule has 1 aliphatic heterocycles. The minimum atomic E-state index is -1.77. The molecule has 0 radical (unpaired) electrons. The number of hydrogen-bond donors (Lipinski definition) is 6. The molecule has 1 saturated heterocycles. The maximum absolute atomic E-state index is 13.1. The highest BCUT2D eigenvalue weighted by atomic mass is 16.7. The second-order valence-corrected chi connectivity index (χ2v) is 8.15. The SMILES string of the molecule is COc1cc(-c2cc(=O)c3c(O)c(O[C@@H]4O[C@H](CO)[C@@H](O)[C@H](O)[C@H]4O)c(OC)cc3o2)cc(OC)c1O. The van der Waals surface area contributed by atoms with Crippen LogP contribution in [-0.2, 0) is 4.74 Å². The van der Waals surface area contributed by atoms with Gasteiger partial charge in [-0.3, -0.25) is 4.79 Å². The van der Waals surface area contributed by atoms with E-state index in [-0.39, 0.29) is 39.7 Å². The van der Waals surface area contributed by atoms with Crippen molar-refractivity contribution in [2.75, 3.05) is 27.9 Å². The largest absolute Gasteiger partial charge is 0.504 e. The quantitative estimate of drug-likeness (QED) is 0.244. The number of phenols is 2. The van der Waals surface area contributed by atoms with E-state index < -0.39 is 54.2 Å². The van der Waals surface area contributed by atoms with Gasteiger partial charge >= 0.3 is 0 Å². The Morgan fingerprint density at radius 1 is 0.838 bits per heavy atom. The van der Waals surface area contributed by atoms with Gasteiger partial charge in [0.15, 0.2) is 28.4 Å². The summed E-state index contributed by atoms with van der Waals surface area (Å²) in [4.78, 5) is 13.1. The number of aromatic hydroxyl groups is 2. The first kappa shape index (κ1) is 26.3. The molecule has 0 aliphatic carbocycles. The van der Waals surface area contributed by atoms with E-state index in [1.165, 1.54) is 39.5 Å². The molecule has 4 rings (SSSR count). The van der Waals surface area contributed by atoms with Crippen LogP contribution in [0.15, 0.2) is 33.5 Å². The summed E-state index contributed by atoms with van der Waals surface area (Å²) >= 11 is 0. The normalized spacial score (nSPS) is 23.6. The smallest absolute Gasteiger partial charge is 0.229 e. The van der Waals surface area contributed by atoms with Crippen molar-refractivity contribution in [3.05, 3.63) is 34.5 Å². The van der Waals surface area contributed by atoms with E-state index in [0.29, 0.717) is 5.56 Å². The van der Waals surface area contributed by atoms with Gasteiger partial charge in [-0.25, -0.2) is 0 Å². The molecule has 2 heterocycles. The third kappa shape index (κ3) is 4.58. The summed E-state index contributed by atoms with van der Waals surface area (Å²) in [5.41, 5.74) is -0.448. The zero-order valence-electron chi connectivity index (χ0n) is 19.9. The van der Waals surface area contributed by atoms with Gasteiger partial charge in [-0.15, -0.1) is 0 Å². The van der Waals surface area contributed by atoms with Gasteiger partial charge in [-0.2, -0.15) is 0 Å². The van der Waals surface area contributed by atoms with Gasteiger partial charge in [-0.05, 0) is 12.1 Å². The van der Waals surface area contributed by atoms with E-state index in [4.69, 9.17) is 28.1 Å². The van der Waals surface area contributed by atoms with Gasteiger partial charge in [0, 0.05) is 17.7 Å². The molecule has 0 amide bonds. The van der Waals surface area contributed by atoms with Gasteiger partial charge < -0.3 is 58.7 Å². The Labute approximate surface area is 209 Å². The highest BCUT2D eigenvalue weighted by molar-refractivity contribution is 5.89. The molecule has 13 nitrogen and oxygen atoms in total. The lowest BCUT2D eigenvalue weighted by Crippen LogP contribution is -2.60. The summed E-state index contributed by atoms with van der Waals surface area (Å²) in [7, 11) is 3.93. The zero-order chi connectivity index (χ0) is 27.0. The molecule has 0 spiro atoms. The van der Waals surface area contributed by atoms with Crippen LogP contribution in [-0.4, -0.2) is 89.3 Å². The van der Waals surface area contributed by atoms with Crippen molar-refractivity contribution in [2.45, 2.75) is 30.7 Å². The molecule has 13 heteroatoms. The molecule has 1 aromatic heterocycles. The molecule has 5 atom stereocenters. The van der Waals surface area contributed by atoms with Gasteiger partial charge in [-0.1, -0.05) is 0 Å². The topological polar surface area (TPSA) is 198 Å². The molecule has 200 valence electrons. The number of ether oxygens (including phenoxy) is 5. The number of hydrogen-bond acceptors (Lipinski definition) is 13. The molecule has 37 heavy (non-hydrogen) atoms. The lowest BCUT2D eigenvalue weighted by Gasteiger charge is -2.39. The Balaban J connectivity index is 1.80. The summed E-state index contributed by atoms with van der Waals surface area (Å²) in [5.74, 6) is -1.28. The lowest BCUT2D eigenvalue weighted by atomic mass is 9.99. The van der Waals surface area contributed by atoms with E-state index in [9.17, 15) is 35.4 Å². The van der Waals surface area contributed by atoms with Crippen LogP contribution < -0.4 is 24.4 Å².